The number of likely N-dealkylation sites (tertiary alicyclic amines) is 1. The van der Waals surface area contributed by atoms with Gasteiger partial charge in [0.25, 0.3) is 0 Å². The number of anilines is 1. The molecule has 5 rings (SSSR count). The number of pyridine rings is 1. The van der Waals surface area contributed by atoms with E-state index in [0.29, 0.717) is 11.9 Å². The van der Waals surface area contributed by atoms with Gasteiger partial charge in [-0.05, 0) is 81.7 Å². The van der Waals surface area contributed by atoms with Gasteiger partial charge in [0.15, 0.2) is 5.65 Å². The van der Waals surface area contributed by atoms with E-state index >= 15 is 0 Å². The molecule has 2 aliphatic rings. The molecule has 6 nitrogen and oxygen atoms in total. The molecule has 1 aliphatic carbocycles. The summed E-state index contributed by atoms with van der Waals surface area (Å²) in [6.45, 7) is 9.02. The smallest absolute Gasteiger partial charge is 0.225 e. The summed E-state index contributed by atoms with van der Waals surface area (Å²) < 4.78 is 2.26. The maximum absolute atomic E-state index is 12.7. The number of aromatic nitrogens is 3. The predicted molar refractivity (Wildman–Crippen MR) is 137 cm³/mol. The van der Waals surface area contributed by atoms with Crippen LogP contribution in [0.1, 0.15) is 68.1 Å². The van der Waals surface area contributed by atoms with Crippen LogP contribution in [-0.2, 0) is 17.8 Å². The van der Waals surface area contributed by atoms with Crippen molar-refractivity contribution >= 4 is 22.8 Å². The van der Waals surface area contributed by atoms with Crippen molar-refractivity contribution in [1.82, 2.24) is 19.4 Å². The molecule has 0 unspecified atom stereocenters. The largest absolute Gasteiger partial charge is 0.382 e. The molecule has 3 aromatic rings. The van der Waals surface area contributed by atoms with E-state index in [4.69, 9.17) is 9.97 Å². The maximum Gasteiger partial charge on any atom is 0.225 e. The van der Waals surface area contributed by atoms with E-state index in [0.717, 1.165) is 80.1 Å². The number of hydrogen-bond acceptors (Lipinski definition) is 4. The fourth-order valence-corrected chi connectivity index (χ4v) is 5.69. The first-order chi connectivity index (χ1) is 16.5. The normalized spacial score (nSPS) is 20.7. The molecule has 1 aromatic carbocycles. The summed E-state index contributed by atoms with van der Waals surface area (Å²) in [6.07, 6.45) is 7.37. The molecule has 0 bridgehead atoms. The number of nitrogens with zero attached hydrogens (tertiary/aromatic N) is 4. The van der Waals surface area contributed by atoms with Gasteiger partial charge in [-0.15, -0.1) is 0 Å². The average molecular weight is 460 g/mol. The zero-order valence-corrected chi connectivity index (χ0v) is 20.8. The quantitative estimate of drug-likeness (QED) is 0.547. The van der Waals surface area contributed by atoms with E-state index in [2.05, 4.69) is 59.0 Å². The number of hydrogen-bond donors (Lipinski definition) is 1. The lowest BCUT2D eigenvalue weighted by Gasteiger charge is -2.31. The second-order valence-corrected chi connectivity index (χ2v) is 10.1. The van der Waals surface area contributed by atoms with Crippen LogP contribution >= 0.6 is 0 Å². The third kappa shape index (κ3) is 4.68. The van der Waals surface area contributed by atoms with Gasteiger partial charge in [0.1, 0.15) is 11.3 Å². The molecule has 0 atom stereocenters. The van der Waals surface area contributed by atoms with E-state index < -0.39 is 0 Å². The van der Waals surface area contributed by atoms with E-state index in [1.807, 2.05) is 6.92 Å². The van der Waals surface area contributed by atoms with Crippen LogP contribution < -0.4 is 5.32 Å². The Morgan fingerprint density at radius 2 is 1.74 bits per heavy atom. The first-order valence-corrected chi connectivity index (χ1v) is 13.0. The summed E-state index contributed by atoms with van der Waals surface area (Å²) in [5.74, 6) is 1.72. The van der Waals surface area contributed by atoms with Crippen molar-refractivity contribution in [2.45, 2.75) is 78.3 Å². The van der Waals surface area contributed by atoms with Crippen molar-refractivity contribution in [1.29, 1.82) is 0 Å². The number of benzene rings is 1. The summed E-state index contributed by atoms with van der Waals surface area (Å²) in [6, 6.07) is 11.3. The molecule has 2 fully saturated rings. The minimum atomic E-state index is 0.233. The van der Waals surface area contributed by atoms with Crippen LogP contribution in [-0.4, -0.2) is 44.5 Å². The highest BCUT2D eigenvalue weighted by Crippen LogP contribution is 2.29. The highest BCUT2D eigenvalue weighted by molar-refractivity contribution is 5.79. The van der Waals surface area contributed by atoms with Crippen molar-refractivity contribution in [2.75, 3.05) is 18.4 Å². The van der Waals surface area contributed by atoms with E-state index in [1.54, 1.807) is 0 Å². The Balaban J connectivity index is 1.21. The molecule has 1 saturated heterocycles. The lowest BCUT2D eigenvalue weighted by molar-refractivity contribution is -0.135. The van der Waals surface area contributed by atoms with Gasteiger partial charge in [0, 0.05) is 42.9 Å². The second kappa shape index (κ2) is 9.77. The summed E-state index contributed by atoms with van der Waals surface area (Å²) in [5.41, 5.74) is 6.63. The molecular formula is C28H37N5O. The lowest BCUT2D eigenvalue weighted by Crippen LogP contribution is -2.37. The molecule has 1 N–H and O–H groups in total. The zero-order chi connectivity index (χ0) is 23.7. The number of rotatable bonds is 6. The number of carbonyl (C=O) groups excluding carboxylic acids is 1. The SMILES string of the molecule is CCc1nc2c(C)cc(C)nc2n1Cc1ccc(NC2CCC(C(=O)N3CCCC3)CC2)cc1. The third-order valence-electron chi connectivity index (χ3n) is 7.58. The molecule has 180 valence electrons. The number of imidazole rings is 1. The van der Waals surface area contributed by atoms with Crippen LogP contribution in [0.15, 0.2) is 30.3 Å². The highest BCUT2D eigenvalue weighted by Gasteiger charge is 2.30. The predicted octanol–water partition coefficient (Wildman–Crippen LogP) is 5.25. The standard InChI is InChI=1S/C28H37N5O/c1-4-25-31-26-19(2)17-20(3)29-27(26)33(25)18-21-7-11-23(12-8-21)30-24-13-9-22(10-14-24)28(34)32-15-5-6-16-32/h7-8,11-12,17,22,24,30H,4-6,9-10,13-16,18H2,1-3H3. The Hall–Kier alpha value is -2.89. The van der Waals surface area contributed by atoms with E-state index in [1.165, 1.54) is 24.0 Å². The van der Waals surface area contributed by atoms with Gasteiger partial charge in [-0.25, -0.2) is 9.97 Å². The highest BCUT2D eigenvalue weighted by atomic mass is 16.2. The number of aryl methyl sites for hydroxylation is 3. The van der Waals surface area contributed by atoms with Gasteiger partial charge >= 0.3 is 0 Å². The van der Waals surface area contributed by atoms with Crippen LogP contribution in [0.25, 0.3) is 11.2 Å². The van der Waals surface area contributed by atoms with Crippen molar-refractivity contribution in [3.63, 3.8) is 0 Å². The molecule has 1 aliphatic heterocycles. The summed E-state index contributed by atoms with van der Waals surface area (Å²) >= 11 is 0. The van der Waals surface area contributed by atoms with Gasteiger partial charge in [0.2, 0.25) is 5.91 Å². The Bertz CT molecular complexity index is 1150. The first-order valence-electron chi connectivity index (χ1n) is 13.0. The minimum absolute atomic E-state index is 0.233. The topological polar surface area (TPSA) is 63.1 Å². The molecule has 0 radical (unpaired) electrons. The van der Waals surface area contributed by atoms with Crippen LogP contribution in [0.4, 0.5) is 5.69 Å². The Kier molecular flexibility index (Phi) is 6.57. The second-order valence-electron chi connectivity index (χ2n) is 10.1. The summed E-state index contributed by atoms with van der Waals surface area (Å²) in [4.78, 5) is 24.4. The Morgan fingerprint density at radius 1 is 1.03 bits per heavy atom. The molecular weight excluding hydrogens is 422 g/mol. The van der Waals surface area contributed by atoms with Gasteiger partial charge in [-0.2, -0.15) is 0 Å². The Morgan fingerprint density at radius 3 is 2.41 bits per heavy atom. The van der Waals surface area contributed by atoms with Crippen molar-refractivity contribution in [3.8, 4) is 0 Å². The van der Waals surface area contributed by atoms with E-state index in [-0.39, 0.29) is 5.92 Å². The average Bonchev–Trinajstić information content (AvgIpc) is 3.49. The monoisotopic (exact) mass is 459 g/mol. The number of nitrogens with one attached hydrogen (secondary N) is 1. The Labute approximate surface area is 202 Å². The van der Waals surface area contributed by atoms with E-state index in [9.17, 15) is 4.79 Å². The van der Waals surface area contributed by atoms with Crippen LogP contribution in [0.5, 0.6) is 0 Å². The van der Waals surface area contributed by atoms with Gasteiger partial charge in [-0.3, -0.25) is 4.79 Å². The lowest BCUT2D eigenvalue weighted by atomic mass is 9.85. The van der Waals surface area contributed by atoms with Gasteiger partial charge < -0.3 is 14.8 Å². The molecule has 2 aromatic heterocycles. The van der Waals surface area contributed by atoms with Crippen molar-refractivity contribution < 1.29 is 4.79 Å². The van der Waals surface area contributed by atoms with Gasteiger partial charge in [0.05, 0.1) is 6.54 Å². The fraction of sp³-hybridized carbons (Fsp3) is 0.536. The fourth-order valence-electron chi connectivity index (χ4n) is 5.69. The summed E-state index contributed by atoms with van der Waals surface area (Å²) in [7, 11) is 0. The number of carbonyl (C=O) groups is 1. The van der Waals surface area contributed by atoms with Crippen LogP contribution in [0, 0.1) is 19.8 Å². The molecule has 3 heterocycles. The molecule has 1 amide bonds. The first kappa shape index (κ1) is 22.9. The summed E-state index contributed by atoms with van der Waals surface area (Å²) in [5, 5.41) is 3.71. The minimum Gasteiger partial charge on any atom is -0.382 e. The van der Waals surface area contributed by atoms with Crippen molar-refractivity contribution in [3.05, 3.63) is 53.0 Å². The van der Waals surface area contributed by atoms with Crippen molar-refractivity contribution in [2.24, 2.45) is 5.92 Å². The maximum atomic E-state index is 12.7. The molecule has 34 heavy (non-hydrogen) atoms. The van der Waals surface area contributed by atoms with Gasteiger partial charge in [-0.1, -0.05) is 19.1 Å². The molecule has 6 heteroatoms. The zero-order valence-electron chi connectivity index (χ0n) is 20.8. The molecule has 0 spiro atoms. The number of amides is 1. The molecule has 1 saturated carbocycles. The third-order valence-corrected chi connectivity index (χ3v) is 7.58. The van der Waals surface area contributed by atoms with Crippen LogP contribution in [0.2, 0.25) is 0 Å². The number of fused-ring (bicyclic) bond motifs is 1. The van der Waals surface area contributed by atoms with Crippen LogP contribution in [0.3, 0.4) is 0 Å².